The van der Waals surface area contributed by atoms with Gasteiger partial charge >= 0.3 is 6.09 Å². The van der Waals surface area contributed by atoms with E-state index in [2.05, 4.69) is 22.1 Å². The van der Waals surface area contributed by atoms with Gasteiger partial charge in [-0.15, -0.1) is 0 Å². The second-order valence-corrected chi connectivity index (χ2v) is 11.9. The van der Waals surface area contributed by atoms with Crippen LogP contribution in [0.3, 0.4) is 0 Å². The number of likely N-dealkylation sites (tertiary alicyclic amines) is 2. The second-order valence-electron chi connectivity index (χ2n) is 11.9. The number of piperidine rings is 2. The summed E-state index contributed by atoms with van der Waals surface area (Å²) in [6.45, 7) is 9.56. The molecule has 4 amide bonds. The minimum atomic E-state index is -0.511. The Morgan fingerprint density at radius 1 is 1.21 bits per heavy atom. The van der Waals surface area contributed by atoms with Crippen molar-refractivity contribution in [3.05, 3.63) is 23.8 Å². The number of nitrogens with one attached hydrogen (secondary N) is 1. The molecule has 0 aromatic heterocycles. The monoisotopic (exact) mass is 537 g/mol. The predicted molar refractivity (Wildman–Crippen MR) is 148 cm³/mol. The molecule has 39 heavy (non-hydrogen) atoms. The Labute approximate surface area is 230 Å². The molecule has 1 N–H and O–H groups in total. The number of anilines is 2. The summed E-state index contributed by atoms with van der Waals surface area (Å²) >= 11 is 0. The lowest BCUT2D eigenvalue weighted by atomic mass is 9.72. The maximum absolute atomic E-state index is 12.5. The van der Waals surface area contributed by atoms with E-state index < -0.39 is 11.6 Å². The molecule has 1 unspecified atom stereocenters. The van der Waals surface area contributed by atoms with Gasteiger partial charge in [0.15, 0.2) is 0 Å². The van der Waals surface area contributed by atoms with E-state index >= 15 is 0 Å². The Morgan fingerprint density at radius 2 is 1.90 bits per heavy atom. The number of imide groups is 1. The van der Waals surface area contributed by atoms with Gasteiger partial charge in [-0.05, 0) is 65.3 Å². The molecule has 3 saturated heterocycles. The van der Waals surface area contributed by atoms with Crippen molar-refractivity contribution >= 4 is 35.7 Å². The van der Waals surface area contributed by atoms with Gasteiger partial charge in [-0.3, -0.25) is 24.6 Å². The fourth-order valence-electron chi connectivity index (χ4n) is 5.53. The number of likely N-dealkylation sites (N-methyl/N-ethyl adjacent to an activating group) is 1. The summed E-state index contributed by atoms with van der Waals surface area (Å²) in [5.41, 5.74) is 1.71. The normalized spacial score (nSPS) is 20.8. The average Bonchev–Trinajstić information content (AvgIpc) is 2.86. The molecule has 10 nitrogen and oxygen atoms in total. The molecule has 3 fully saturated rings. The average molecular weight is 538 g/mol. The molecular formula is C29H39N5O5. The third-order valence-electron chi connectivity index (χ3n) is 7.73. The van der Waals surface area contributed by atoms with Gasteiger partial charge < -0.3 is 19.4 Å². The first-order chi connectivity index (χ1) is 18.4. The smallest absolute Gasteiger partial charge is 0.410 e. The number of hydrogen-bond acceptors (Lipinski definition) is 7. The van der Waals surface area contributed by atoms with Crippen LogP contribution in [0.15, 0.2) is 18.2 Å². The molecule has 1 atom stereocenters. The van der Waals surface area contributed by atoms with Crippen LogP contribution in [-0.2, 0) is 19.1 Å². The van der Waals surface area contributed by atoms with Gasteiger partial charge in [-0.25, -0.2) is 4.79 Å². The highest BCUT2D eigenvalue weighted by Gasteiger charge is 2.47. The highest BCUT2D eigenvalue weighted by molar-refractivity contribution is 6.02. The quantitative estimate of drug-likeness (QED) is 0.349. The summed E-state index contributed by atoms with van der Waals surface area (Å²) in [7, 11) is 3.46. The molecule has 0 saturated carbocycles. The van der Waals surface area contributed by atoms with E-state index in [-0.39, 0.29) is 29.7 Å². The van der Waals surface area contributed by atoms with Crippen LogP contribution in [0.2, 0.25) is 0 Å². The first-order valence-corrected chi connectivity index (χ1v) is 13.5. The molecule has 3 aliphatic rings. The minimum Gasteiger partial charge on any atom is -0.444 e. The molecule has 3 aliphatic heterocycles. The summed E-state index contributed by atoms with van der Waals surface area (Å²) < 4.78 is 5.49. The zero-order valence-corrected chi connectivity index (χ0v) is 23.6. The van der Waals surface area contributed by atoms with Gasteiger partial charge in [-0.2, -0.15) is 0 Å². The molecule has 1 aromatic rings. The molecule has 3 heterocycles. The Hall–Kier alpha value is -3.58. The van der Waals surface area contributed by atoms with Gasteiger partial charge in [0.2, 0.25) is 18.2 Å². The fraction of sp³-hybridized carbons (Fsp3) is 0.586. The summed E-state index contributed by atoms with van der Waals surface area (Å²) in [6, 6.07) is 5.08. The van der Waals surface area contributed by atoms with Crippen molar-refractivity contribution in [1.82, 2.24) is 15.1 Å². The lowest BCUT2D eigenvalue weighted by Crippen LogP contribution is -2.62. The molecule has 210 valence electrons. The zero-order chi connectivity index (χ0) is 28.4. The lowest BCUT2D eigenvalue weighted by molar-refractivity contribution is -0.134. The third kappa shape index (κ3) is 6.53. The SMILES string of the molecule is CN(C=O)c1c(C#CCN2CCC3(CC2)CN(C(=O)OC(C)(C)C)C3)cccc1N(C)C1CCC(=O)NC1=O. The van der Waals surface area contributed by atoms with Crippen molar-refractivity contribution in [3.8, 4) is 11.8 Å². The zero-order valence-electron chi connectivity index (χ0n) is 23.6. The van der Waals surface area contributed by atoms with Crippen LogP contribution in [0.25, 0.3) is 0 Å². The lowest BCUT2D eigenvalue weighted by Gasteiger charge is -2.53. The highest BCUT2D eigenvalue weighted by atomic mass is 16.6. The first-order valence-electron chi connectivity index (χ1n) is 13.5. The molecule has 0 aliphatic carbocycles. The number of benzene rings is 1. The Kier molecular flexibility index (Phi) is 8.21. The van der Waals surface area contributed by atoms with Crippen LogP contribution >= 0.6 is 0 Å². The topological polar surface area (TPSA) is 102 Å². The number of carbonyl (C=O) groups is 4. The molecule has 4 rings (SSSR count). The van der Waals surface area contributed by atoms with Crippen molar-refractivity contribution in [1.29, 1.82) is 0 Å². The van der Waals surface area contributed by atoms with Gasteiger partial charge in [0.25, 0.3) is 0 Å². The standard InChI is InChI=1S/C29H39N5O5/c1-28(2,3)39-27(38)34-18-29(19-34)13-16-33(17-14-29)15-7-9-21-8-6-10-22(25(21)31(4)20-35)32(5)23-11-12-24(36)30-26(23)37/h6,8,10,20,23H,11-19H2,1-5H3,(H,30,36,37). The number of amides is 4. The van der Waals surface area contributed by atoms with Gasteiger partial charge in [0.1, 0.15) is 11.6 Å². The number of rotatable bonds is 5. The molecule has 0 bridgehead atoms. The van der Waals surface area contributed by atoms with Gasteiger partial charge in [0.05, 0.1) is 23.5 Å². The van der Waals surface area contributed by atoms with E-state index in [1.54, 1.807) is 19.0 Å². The van der Waals surface area contributed by atoms with Crippen molar-refractivity contribution < 1.29 is 23.9 Å². The molecule has 1 aromatic carbocycles. The van der Waals surface area contributed by atoms with Crippen molar-refractivity contribution in [2.45, 2.75) is 58.1 Å². The fourth-order valence-corrected chi connectivity index (χ4v) is 5.53. The number of para-hydroxylation sites is 1. The Morgan fingerprint density at radius 3 is 2.51 bits per heavy atom. The van der Waals surface area contributed by atoms with E-state index in [0.29, 0.717) is 29.9 Å². The van der Waals surface area contributed by atoms with Crippen LogP contribution < -0.4 is 15.1 Å². The largest absolute Gasteiger partial charge is 0.444 e. The first kappa shape index (κ1) is 28.4. The summed E-state index contributed by atoms with van der Waals surface area (Å²) in [4.78, 5) is 55.5. The number of hydrogen-bond donors (Lipinski definition) is 1. The highest BCUT2D eigenvalue weighted by Crippen LogP contribution is 2.41. The van der Waals surface area contributed by atoms with Crippen molar-refractivity contribution in [2.24, 2.45) is 5.41 Å². The van der Waals surface area contributed by atoms with E-state index in [9.17, 15) is 19.2 Å². The molecule has 1 spiro atoms. The van der Waals surface area contributed by atoms with Gasteiger partial charge in [0, 0.05) is 39.0 Å². The van der Waals surface area contributed by atoms with E-state index in [1.165, 1.54) is 4.90 Å². The molecule has 10 heteroatoms. The molecule has 0 radical (unpaired) electrons. The minimum absolute atomic E-state index is 0.176. The van der Waals surface area contributed by atoms with E-state index in [0.717, 1.165) is 45.4 Å². The maximum Gasteiger partial charge on any atom is 0.410 e. The van der Waals surface area contributed by atoms with E-state index in [1.807, 2.05) is 43.9 Å². The van der Waals surface area contributed by atoms with Crippen LogP contribution in [0.4, 0.5) is 16.2 Å². The van der Waals surface area contributed by atoms with Crippen LogP contribution in [0, 0.1) is 17.3 Å². The van der Waals surface area contributed by atoms with Crippen LogP contribution in [0.5, 0.6) is 0 Å². The predicted octanol–water partition coefficient (Wildman–Crippen LogP) is 2.21. The van der Waals surface area contributed by atoms with Gasteiger partial charge in [-0.1, -0.05) is 17.9 Å². The van der Waals surface area contributed by atoms with Crippen molar-refractivity contribution in [3.63, 3.8) is 0 Å². The number of nitrogens with zero attached hydrogens (tertiary/aromatic N) is 4. The number of carbonyl (C=O) groups excluding carboxylic acids is 4. The molecular weight excluding hydrogens is 498 g/mol. The second kappa shape index (κ2) is 11.3. The third-order valence-corrected chi connectivity index (χ3v) is 7.73. The number of ether oxygens (including phenoxy) is 1. The Bertz CT molecular complexity index is 1180. The summed E-state index contributed by atoms with van der Waals surface area (Å²) in [5, 5.41) is 2.40. The van der Waals surface area contributed by atoms with Crippen LogP contribution in [-0.4, -0.2) is 92.6 Å². The van der Waals surface area contributed by atoms with Crippen LogP contribution in [0.1, 0.15) is 52.0 Å². The summed E-state index contributed by atoms with van der Waals surface area (Å²) in [6.07, 6.45) is 3.20. The Balaban J connectivity index is 1.38. The maximum atomic E-state index is 12.5. The van der Waals surface area contributed by atoms with E-state index in [4.69, 9.17) is 4.74 Å². The van der Waals surface area contributed by atoms with Crippen molar-refractivity contribution in [2.75, 3.05) is 56.6 Å². The summed E-state index contributed by atoms with van der Waals surface area (Å²) in [5.74, 6) is 5.91.